The van der Waals surface area contributed by atoms with E-state index >= 15 is 8.78 Å². The molecule has 2 aromatic heterocycles. The lowest BCUT2D eigenvalue weighted by molar-refractivity contribution is 0.0695. The molecule has 0 bridgehead atoms. The van der Waals surface area contributed by atoms with E-state index in [9.17, 15) is 14.7 Å². The van der Waals surface area contributed by atoms with Gasteiger partial charge < -0.3 is 14.6 Å². The van der Waals surface area contributed by atoms with Crippen LogP contribution in [0.5, 0.6) is 0 Å². The van der Waals surface area contributed by atoms with Crippen LogP contribution in [0.1, 0.15) is 47.3 Å². The number of hydrogen-bond donors (Lipinski definition) is 1. The van der Waals surface area contributed by atoms with E-state index in [2.05, 4.69) is 10.1 Å². The van der Waals surface area contributed by atoms with Crippen molar-refractivity contribution in [2.75, 3.05) is 18.0 Å². The second-order valence-electron chi connectivity index (χ2n) is 7.90. The number of fused-ring (bicyclic) bond motifs is 1. The lowest BCUT2D eigenvalue weighted by Gasteiger charge is -2.24. The van der Waals surface area contributed by atoms with Crippen LogP contribution in [-0.2, 0) is 0 Å². The zero-order chi connectivity index (χ0) is 21.2. The predicted octanol–water partition coefficient (Wildman–Crippen LogP) is 2.66. The summed E-state index contributed by atoms with van der Waals surface area (Å²) in [6.07, 6.45) is 6.33. The van der Waals surface area contributed by atoms with Crippen LogP contribution in [0.2, 0.25) is 0 Å². The van der Waals surface area contributed by atoms with Crippen LogP contribution < -0.4 is 10.3 Å². The molecule has 10 heteroatoms. The maximum Gasteiger partial charge on any atom is 0.341 e. The second-order valence-corrected chi connectivity index (χ2v) is 7.90. The Labute approximate surface area is 169 Å². The first-order valence-electron chi connectivity index (χ1n) is 9.77. The minimum Gasteiger partial charge on any atom is -0.477 e. The molecule has 2 aliphatic rings. The molecule has 1 aliphatic heterocycles. The van der Waals surface area contributed by atoms with Crippen LogP contribution in [0.4, 0.5) is 14.5 Å². The zero-order valence-corrected chi connectivity index (χ0v) is 16.2. The van der Waals surface area contributed by atoms with Gasteiger partial charge in [0.2, 0.25) is 5.43 Å². The van der Waals surface area contributed by atoms with Gasteiger partial charge in [0.1, 0.15) is 23.9 Å². The van der Waals surface area contributed by atoms with E-state index in [1.807, 2.05) is 0 Å². The molecule has 1 saturated carbocycles. The van der Waals surface area contributed by atoms with Gasteiger partial charge in [0.15, 0.2) is 11.6 Å². The Bertz CT molecular complexity index is 1230. The lowest BCUT2D eigenvalue weighted by Crippen LogP contribution is -2.26. The number of aryl methyl sites for hydroxylation is 1. The number of nitrogens with zero attached hydrogens (tertiary/aromatic N) is 5. The minimum atomic E-state index is -1.41. The fraction of sp³-hybridized carbons (Fsp3) is 0.400. The highest BCUT2D eigenvalue weighted by molar-refractivity contribution is 5.95. The van der Waals surface area contributed by atoms with Crippen molar-refractivity contribution in [1.82, 2.24) is 19.3 Å². The van der Waals surface area contributed by atoms with E-state index in [0.29, 0.717) is 19.5 Å². The summed E-state index contributed by atoms with van der Waals surface area (Å²) >= 11 is 0. The lowest BCUT2D eigenvalue weighted by atomic mass is 10.0. The van der Waals surface area contributed by atoms with Crippen LogP contribution in [0.3, 0.4) is 0 Å². The number of aromatic carboxylic acids is 1. The number of hydrogen-bond acceptors (Lipinski definition) is 5. The maximum atomic E-state index is 15.8. The van der Waals surface area contributed by atoms with Crippen molar-refractivity contribution in [2.24, 2.45) is 0 Å². The number of anilines is 1. The van der Waals surface area contributed by atoms with Crippen molar-refractivity contribution in [3.63, 3.8) is 0 Å². The number of rotatable bonds is 4. The van der Waals surface area contributed by atoms with Crippen LogP contribution >= 0.6 is 0 Å². The molecule has 3 aromatic rings. The van der Waals surface area contributed by atoms with Crippen LogP contribution in [0, 0.1) is 18.6 Å². The summed E-state index contributed by atoms with van der Waals surface area (Å²) in [7, 11) is 0. The molecule has 0 spiro atoms. The smallest absolute Gasteiger partial charge is 0.341 e. The Kier molecular flexibility index (Phi) is 4.12. The van der Waals surface area contributed by atoms with Crippen molar-refractivity contribution in [3.05, 3.63) is 51.8 Å². The molecule has 30 heavy (non-hydrogen) atoms. The van der Waals surface area contributed by atoms with Gasteiger partial charge in [-0.2, -0.15) is 5.10 Å². The second kappa shape index (κ2) is 6.61. The van der Waals surface area contributed by atoms with E-state index < -0.39 is 28.6 Å². The molecule has 1 N–H and O–H groups in total. The van der Waals surface area contributed by atoms with E-state index in [4.69, 9.17) is 0 Å². The molecular weight excluding hydrogens is 396 g/mol. The highest BCUT2D eigenvalue weighted by atomic mass is 19.1. The molecule has 5 rings (SSSR count). The fourth-order valence-electron chi connectivity index (χ4n) is 4.34. The highest BCUT2D eigenvalue weighted by Gasteiger charge is 2.34. The summed E-state index contributed by atoms with van der Waals surface area (Å²) in [5, 5.41) is 13.3. The topological polar surface area (TPSA) is 93.2 Å². The normalized spacial score (nSPS) is 19.0. The SMILES string of the molecule is Cc1c(F)c(N2CCC(n3cncn3)C2)c(F)c2c1c(=O)c(C(=O)O)cn2C1CC1. The first-order valence-corrected chi connectivity index (χ1v) is 9.77. The number of benzene rings is 1. The summed E-state index contributed by atoms with van der Waals surface area (Å²) in [4.78, 5) is 29.9. The molecule has 2 fully saturated rings. The Morgan fingerprint density at radius 1 is 1.20 bits per heavy atom. The molecule has 1 aliphatic carbocycles. The van der Waals surface area contributed by atoms with Gasteiger partial charge in [-0.25, -0.2) is 23.2 Å². The molecule has 1 aromatic carbocycles. The van der Waals surface area contributed by atoms with Crippen molar-refractivity contribution >= 4 is 22.6 Å². The average molecular weight is 415 g/mol. The largest absolute Gasteiger partial charge is 0.477 e. The fourth-order valence-corrected chi connectivity index (χ4v) is 4.34. The maximum absolute atomic E-state index is 15.8. The first-order chi connectivity index (χ1) is 14.4. The molecule has 156 valence electrons. The van der Waals surface area contributed by atoms with Gasteiger partial charge in [0, 0.05) is 30.9 Å². The minimum absolute atomic E-state index is 0.0226. The molecule has 3 heterocycles. The quantitative estimate of drug-likeness (QED) is 0.704. The van der Waals surface area contributed by atoms with Crippen molar-refractivity contribution in [3.8, 4) is 0 Å². The zero-order valence-electron chi connectivity index (χ0n) is 16.2. The summed E-state index contributed by atoms with van der Waals surface area (Å²) < 4.78 is 34.3. The van der Waals surface area contributed by atoms with Gasteiger partial charge in [-0.15, -0.1) is 0 Å². The predicted molar refractivity (Wildman–Crippen MR) is 104 cm³/mol. The monoisotopic (exact) mass is 415 g/mol. The van der Waals surface area contributed by atoms with E-state index in [-0.39, 0.29) is 34.2 Å². The van der Waals surface area contributed by atoms with Crippen molar-refractivity contribution in [1.29, 1.82) is 0 Å². The molecule has 8 nitrogen and oxygen atoms in total. The van der Waals surface area contributed by atoms with Gasteiger partial charge in [0.25, 0.3) is 0 Å². The average Bonchev–Trinajstić information content (AvgIpc) is 3.20. The molecule has 1 unspecified atom stereocenters. The Morgan fingerprint density at radius 2 is 1.97 bits per heavy atom. The van der Waals surface area contributed by atoms with E-state index in [0.717, 1.165) is 12.8 Å². The summed E-state index contributed by atoms with van der Waals surface area (Å²) in [6.45, 7) is 2.17. The van der Waals surface area contributed by atoms with E-state index in [1.165, 1.54) is 24.0 Å². The molecule has 0 radical (unpaired) electrons. The third kappa shape index (κ3) is 2.70. The Morgan fingerprint density at radius 3 is 2.60 bits per heavy atom. The number of carboxylic acids is 1. The standard InChI is InChI=1S/C20H19F2N5O3/c1-10-14-17(26(11-2-3-11)7-13(19(14)28)20(29)30)16(22)18(15(10)21)25-5-4-12(6-25)27-9-23-8-24-27/h7-9,11-12H,2-6H2,1H3,(H,29,30). The number of aromatic nitrogens is 4. The van der Waals surface area contributed by atoms with Gasteiger partial charge in [0.05, 0.1) is 16.9 Å². The van der Waals surface area contributed by atoms with Gasteiger partial charge in [-0.1, -0.05) is 0 Å². The third-order valence-electron chi connectivity index (χ3n) is 6.02. The van der Waals surface area contributed by atoms with Crippen LogP contribution in [-0.4, -0.2) is 43.5 Å². The van der Waals surface area contributed by atoms with Gasteiger partial charge in [-0.05, 0) is 26.2 Å². The number of carboxylic acid groups (broad SMARTS) is 1. The highest BCUT2D eigenvalue weighted by Crippen LogP contribution is 2.41. The van der Waals surface area contributed by atoms with Crippen molar-refractivity contribution in [2.45, 2.75) is 38.3 Å². The van der Waals surface area contributed by atoms with Crippen LogP contribution in [0.15, 0.2) is 23.6 Å². The number of pyridine rings is 1. The molecule has 1 saturated heterocycles. The van der Waals surface area contributed by atoms with Gasteiger partial charge in [-0.3, -0.25) is 4.79 Å². The summed E-state index contributed by atoms with van der Waals surface area (Å²) in [5.74, 6) is -3.06. The summed E-state index contributed by atoms with van der Waals surface area (Å²) in [6, 6.07) is -0.165. The molecular formula is C20H19F2N5O3. The van der Waals surface area contributed by atoms with Crippen LogP contribution in [0.25, 0.3) is 10.9 Å². The Balaban J connectivity index is 1.71. The first kappa shape index (κ1) is 18.7. The Hall–Kier alpha value is -3.30. The number of halogens is 2. The molecule has 0 amide bonds. The third-order valence-corrected chi connectivity index (χ3v) is 6.02. The van der Waals surface area contributed by atoms with Gasteiger partial charge >= 0.3 is 5.97 Å². The van der Waals surface area contributed by atoms with Crippen molar-refractivity contribution < 1.29 is 18.7 Å². The summed E-state index contributed by atoms with van der Waals surface area (Å²) in [5.41, 5.74) is -1.58. The van der Waals surface area contributed by atoms with E-state index in [1.54, 1.807) is 15.9 Å². The molecule has 1 atom stereocenters. The number of carbonyl (C=O) groups is 1.